The highest BCUT2D eigenvalue weighted by atomic mass is 32.1. The Labute approximate surface area is 207 Å². The number of amidine groups is 1. The zero-order chi connectivity index (χ0) is 24.4. The highest BCUT2D eigenvalue weighted by Crippen LogP contribution is 2.36. The van der Waals surface area contributed by atoms with E-state index in [-0.39, 0.29) is 5.91 Å². The Bertz CT molecular complexity index is 1300. The maximum atomic E-state index is 12.5. The fraction of sp³-hybridized carbons (Fsp3) is 0.320. The molecule has 180 valence electrons. The van der Waals surface area contributed by atoms with Crippen LogP contribution in [0.5, 0.6) is 0 Å². The lowest BCUT2D eigenvalue weighted by Gasteiger charge is -2.21. The van der Waals surface area contributed by atoms with Crippen molar-refractivity contribution < 1.29 is 9.90 Å². The maximum absolute atomic E-state index is 12.5. The predicted octanol–water partition coefficient (Wildman–Crippen LogP) is 3.01. The number of thiazole rings is 1. The third kappa shape index (κ3) is 4.94. The Morgan fingerprint density at radius 1 is 1.34 bits per heavy atom. The lowest BCUT2D eigenvalue weighted by atomic mass is 9.91. The summed E-state index contributed by atoms with van der Waals surface area (Å²) in [5, 5.41) is 16.9. The number of nitrogens with zero attached hydrogens (tertiary/aromatic N) is 5. The van der Waals surface area contributed by atoms with Crippen LogP contribution in [0.25, 0.3) is 22.0 Å². The van der Waals surface area contributed by atoms with Crippen molar-refractivity contribution in [3.63, 3.8) is 0 Å². The molecule has 35 heavy (non-hydrogen) atoms. The first-order valence-corrected chi connectivity index (χ1v) is 12.4. The number of aliphatic hydroxyl groups is 1. The Kier molecular flexibility index (Phi) is 6.31. The molecule has 3 aromatic rings. The van der Waals surface area contributed by atoms with Gasteiger partial charge in [0.15, 0.2) is 5.60 Å². The van der Waals surface area contributed by atoms with E-state index in [2.05, 4.69) is 20.3 Å². The smallest absolute Gasteiger partial charge is 0.258 e. The number of amides is 1. The van der Waals surface area contributed by atoms with Gasteiger partial charge in [0.25, 0.3) is 5.91 Å². The summed E-state index contributed by atoms with van der Waals surface area (Å²) in [6, 6.07) is 9.20. The van der Waals surface area contributed by atoms with Crippen LogP contribution in [-0.4, -0.2) is 56.8 Å². The molecule has 4 N–H and O–H groups in total. The summed E-state index contributed by atoms with van der Waals surface area (Å²) in [6.07, 6.45) is 7.63. The number of carbonyl (C=O) groups excluding carboxylic acids is 1. The Balaban J connectivity index is 1.37. The number of aliphatic imine (C=N–C) groups is 1. The molecule has 5 rings (SSSR count). The number of aromatic nitrogens is 3. The summed E-state index contributed by atoms with van der Waals surface area (Å²) >= 11 is 1.47. The van der Waals surface area contributed by atoms with Crippen LogP contribution >= 0.6 is 11.3 Å². The number of anilines is 1. The molecule has 10 heteroatoms. The molecule has 1 saturated carbocycles. The summed E-state index contributed by atoms with van der Waals surface area (Å²) in [6.45, 7) is 1.29. The van der Waals surface area contributed by atoms with E-state index in [1.54, 1.807) is 36.4 Å². The molecule has 3 heterocycles. The number of hydrogen-bond acceptors (Lipinski definition) is 8. The number of nitrogens with two attached hydrogens (primary N) is 1. The highest BCUT2D eigenvalue weighted by molar-refractivity contribution is 7.13. The standard InChI is InChI=1S/C25H27N7O2S/c1-32-12-9-25(34,23(32)33)18-4-2-3-17(13-18)22-29-20(15-35-22)19-8-11-27-24(30-19)31-21(7-10-26)28-14-16-5-6-16/h2-4,7-8,10-11,13,15-16,34H,5-6,9,12,14,26H2,1H3,(H,27,28,30,31)/b10-7-/t25-/m1/s1. The zero-order valence-corrected chi connectivity index (χ0v) is 20.2. The second-order valence-corrected chi connectivity index (χ2v) is 9.73. The molecule has 0 bridgehead atoms. The first kappa shape index (κ1) is 23.1. The van der Waals surface area contributed by atoms with Gasteiger partial charge in [-0.25, -0.2) is 15.0 Å². The van der Waals surface area contributed by atoms with Gasteiger partial charge in [0.1, 0.15) is 16.5 Å². The molecule has 9 nitrogen and oxygen atoms in total. The van der Waals surface area contributed by atoms with Gasteiger partial charge in [-0.05, 0) is 48.7 Å². The molecule has 1 aliphatic carbocycles. The molecular formula is C25H27N7O2S. The van der Waals surface area contributed by atoms with Gasteiger partial charge in [0.05, 0.1) is 5.69 Å². The minimum absolute atomic E-state index is 0.278. The van der Waals surface area contributed by atoms with E-state index < -0.39 is 5.60 Å². The number of benzene rings is 1. The van der Waals surface area contributed by atoms with Gasteiger partial charge in [-0.2, -0.15) is 0 Å². The third-order valence-electron chi connectivity index (χ3n) is 6.23. The zero-order valence-electron chi connectivity index (χ0n) is 19.4. The highest BCUT2D eigenvalue weighted by Gasteiger charge is 2.45. The second kappa shape index (κ2) is 9.55. The van der Waals surface area contributed by atoms with Gasteiger partial charge in [-0.1, -0.05) is 18.2 Å². The van der Waals surface area contributed by atoms with Crippen LogP contribution in [0.2, 0.25) is 0 Å². The van der Waals surface area contributed by atoms with Gasteiger partial charge in [-0.15, -0.1) is 11.3 Å². The second-order valence-electron chi connectivity index (χ2n) is 8.87. The fourth-order valence-corrected chi connectivity index (χ4v) is 4.79. The Morgan fingerprint density at radius 2 is 2.20 bits per heavy atom. The Morgan fingerprint density at radius 3 is 2.94 bits per heavy atom. The first-order valence-electron chi connectivity index (χ1n) is 11.5. The molecule has 0 spiro atoms. The van der Waals surface area contributed by atoms with Gasteiger partial charge in [-0.3, -0.25) is 9.79 Å². The van der Waals surface area contributed by atoms with Crippen LogP contribution in [0.15, 0.2) is 59.2 Å². The summed E-state index contributed by atoms with van der Waals surface area (Å²) < 4.78 is 0. The molecule has 2 aromatic heterocycles. The van der Waals surface area contributed by atoms with Gasteiger partial charge in [0, 0.05) is 43.7 Å². The quantitative estimate of drug-likeness (QED) is 0.344. The van der Waals surface area contributed by atoms with Crippen molar-refractivity contribution >= 4 is 29.0 Å². The van der Waals surface area contributed by atoms with Crippen molar-refractivity contribution in [2.24, 2.45) is 16.6 Å². The van der Waals surface area contributed by atoms with Crippen LogP contribution in [0.4, 0.5) is 5.95 Å². The van der Waals surface area contributed by atoms with Crippen molar-refractivity contribution in [3.05, 3.63) is 59.7 Å². The minimum Gasteiger partial charge on any atom is -0.404 e. The summed E-state index contributed by atoms with van der Waals surface area (Å²) in [5.74, 6) is 1.42. The summed E-state index contributed by atoms with van der Waals surface area (Å²) in [4.78, 5) is 32.3. The van der Waals surface area contributed by atoms with Gasteiger partial charge < -0.3 is 21.1 Å². The monoisotopic (exact) mass is 489 g/mol. The predicted molar refractivity (Wildman–Crippen MR) is 137 cm³/mol. The van der Waals surface area contributed by atoms with Crippen LogP contribution in [-0.2, 0) is 10.4 Å². The van der Waals surface area contributed by atoms with E-state index in [1.807, 2.05) is 23.6 Å². The van der Waals surface area contributed by atoms with Crippen LogP contribution in [0, 0.1) is 5.92 Å². The molecule has 1 aliphatic heterocycles. The summed E-state index contributed by atoms with van der Waals surface area (Å²) in [5.41, 5.74) is 6.88. The van der Waals surface area contributed by atoms with Gasteiger partial charge >= 0.3 is 0 Å². The maximum Gasteiger partial charge on any atom is 0.258 e. The molecule has 1 saturated heterocycles. The van der Waals surface area contributed by atoms with Crippen molar-refractivity contribution in [1.82, 2.24) is 19.9 Å². The van der Waals surface area contributed by atoms with E-state index >= 15 is 0 Å². The van der Waals surface area contributed by atoms with E-state index in [0.717, 1.165) is 17.1 Å². The average molecular weight is 490 g/mol. The Hall–Kier alpha value is -3.63. The van der Waals surface area contributed by atoms with Crippen LogP contribution in [0.1, 0.15) is 24.8 Å². The van der Waals surface area contributed by atoms with E-state index in [0.29, 0.717) is 47.6 Å². The number of rotatable bonds is 7. The van der Waals surface area contributed by atoms with Gasteiger partial charge in [0.2, 0.25) is 5.95 Å². The number of likely N-dealkylation sites (tertiary alicyclic amines) is 1. The van der Waals surface area contributed by atoms with Crippen molar-refractivity contribution in [1.29, 1.82) is 0 Å². The average Bonchev–Trinajstić information content (AvgIpc) is 3.51. The molecule has 1 atom stereocenters. The molecule has 2 aliphatic rings. The van der Waals surface area contributed by atoms with Crippen molar-refractivity contribution in [2.75, 3.05) is 25.5 Å². The molecule has 0 unspecified atom stereocenters. The van der Waals surface area contributed by atoms with E-state index in [4.69, 9.17) is 10.7 Å². The number of carbonyl (C=O) groups is 1. The number of hydrogen-bond donors (Lipinski definition) is 3. The molecule has 1 aromatic carbocycles. The minimum atomic E-state index is -1.49. The number of nitrogens with one attached hydrogen (secondary N) is 1. The van der Waals surface area contributed by atoms with E-state index in [9.17, 15) is 9.90 Å². The van der Waals surface area contributed by atoms with E-state index in [1.165, 1.54) is 30.4 Å². The SMILES string of the molecule is CN1CC[C@@](O)(c2cccc(-c3nc(-c4ccnc(NC(/C=C\N)=NCC5CC5)n4)cs3)c2)C1=O. The molecular weight excluding hydrogens is 462 g/mol. The topological polar surface area (TPSA) is 130 Å². The molecule has 2 fully saturated rings. The largest absolute Gasteiger partial charge is 0.404 e. The van der Waals surface area contributed by atoms with Crippen molar-refractivity contribution in [2.45, 2.75) is 24.9 Å². The fourth-order valence-electron chi connectivity index (χ4n) is 3.98. The molecule has 0 radical (unpaired) electrons. The van der Waals surface area contributed by atoms with Crippen LogP contribution in [0.3, 0.4) is 0 Å². The molecule has 1 amide bonds. The number of likely N-dealkylation sites (N-methyl/N-ethyl adjacent to an activating group) is 1. The van der Waals surface area contributed by atoms with Crippen LogP contribution < -0.4 is 11.1 Å². The normalized spacial score (nSPS) is 20.7. The lowest BCUT2D eigenvalue weighted by Crippen LogP contribution is -2.36. The first-order chi connectivity index (χ1) is 17.0. The third-order valence-corrected chi connectivity index (χ3v) is 7.12. The summed E-state index contributed by atoms with van der Waals surface area (Å²) in [7, 11) is 1.70. The van der Waals surface area contributed by atoms with Crippen molar-refractivity contribution in [3.8, 4) is 22.0 Å². The lowest BCUT2D eigenvalue weighted by molar-refractivity contribution is -0.143.